The average Bonchev–Trinajstić information content (AvgIpc) is 3.05. The molecule has 0 spiro atoms. The third kappa shape index (κ3) is 12.9. The molecule has 2 N–H and O–H groups in total. The van der Waals surface area contributed by atoms with Gasteiger partial charge in [0, 0.05) is 33.9 Å². The second-order valence-electron chi connectivity index (χ2n) is 5.64. The highest BCUT2D eigenvalue weighted by Crippen LogP contribution is 2.07. The van der Waals surface area contributed by atoms with E-state index in [9.17, 15) is 0 Å². The molecule has 0 radical (unpaired) electrons. The molecule has 23 heavy (non-hydrogen) atoms. The minimum atomic E-state index is 0. The van der Waals surface area contributed by atoms with Gasteiger partial charge < -0.3 is 25.0 Å². The number of unbranched alkanes of at least 4 members (excludes halogenated alkanes) is 1. The van der Waals surface area contributed by atoms with Gasteiger partial charge in [-0.2, -0.15) is 0 Å². The van der Waals surface area contributed by atoms with E-state index in [1.165, 1.54) is 45.3 Å². The van der Waals surface area contributed by atoms with Crippen LogP contribution in [0.5, 0.6) is 0 Å². The van der Waals surface area contributed by atoms with Gasteiger partial charge in [0.05, 0.1) is 13.2 Å². The highest BCUT2D eigenvalue weighted by atomic mass is 127. The van der Waals surface area contributed by atoms with Crippen molar-refractivity contribution in [3.63, 3.8) is 0 Å². The van der Waals surface area contributed by atoms with Crippen molar-refractivity contribution in [3.05, 3.63) is 0 Å². The fourth-order valence-corrected chi connectivity index (χ4v) is 2.52. The Labute approximate surface area is 158 Å². The number of halogens is 1. The smallest absolute Gasteiger partial charge is 0.190 e. The van der Waals surface area contributed by atoms with E-state index < -0.39 is 0 Å². The molecular weight excluding hydrogens is 407 g/mol. The molecule has 0 atom stereocenters. The van der Waals surface area contributed by atoms with Crippen LogP contribution in [0.4, 0.5) is 0 Å². The van der Waals surface area contributed by atoms with E-state index >= 15 is 0 Å². The maximum atomic E-state index is 5.42. The molecule has 0 unspecified atom stereocenters. The van der Waals surface area contributed by atoms with E-state index in [2.05, 4.69) is 20.5 Å². The fourth-order valence-electron chi connectivity index (χ4n) is 2.52. The number of likely N-dealkylation sites (tertiary alicyclic amines) is 1. The maximum absolute atomic E-state index is 5.42. The summed E-state index contributed by atoms with van der Waals surface area (Å²) in [6.45, 7) is 7.77. The summed E-state index contributed by atoms with van der Waals surface area (Å²) in [6.07, 6.45) is 6.18. The van der Waals surface area contributed by atoms with Crippen LogP contribution >= 0.6 is 24.0 Å². The van der Waals surface area contributed by atoms with Gasteiger partial charge in [-0.15, -0.1) is 24.0 Å². The first kappa shape index (κ1) is 22.9. The standard InChI is InChI=1S/C16H34N4O2.HI/c1-17-16(19-9-7-13-22-15-14-21-2)18-8-3-4-10-20-11-5-6-12-20;/h3-15H2,1-2H3,(H2,17,18,19);1H. The highest BCUT2D eigenvalue weighted by molar-refractivity contribution is 14.0. The summed E-state index contributed by atoms with van der Waals surface area (Å²) >= 11 is 0. The number of nitrogens with one attached hydrogen (secondary N) is 2. The van der Waals surface area contributed by atoms with Gasteiger partial charge in [-0.25, -0.2) is 0 Å². The van der Waals surface area contributed by atoms with Crippen LogP contribution in [0.15, 0.2) is 4.99 Å². The number of rotatable bonds is 12. The Kier molecular flexibility index (Phi) is 16.6. The second-order valence-corrected chi connectivity index (χ2v) is 5.64. The topological polar surface area (TPSA) is 58.1 Å². The molecule has 138 valence electrons. The molecule has 1 aliphatic heterocycles. The third-order valence-corrected chi connectivity index (χ3v) is 3.81. The van der Waals surface area contributed by atoms with E-state index in [1.54, 1.807) is 7.11 Å². The summed E-state index contributed by atoms with van der Waals surface area (Å²) in [5.74, 6) is 0.887. The molecule has 0 aromatic carbocycles. The zero-order valence-electron chi connectivity index (χ0n) is 14.8. The van der Waals surface area contributed by atoms with Crippen molar-refractivity contribution in [1.82, 2.24) is 15.5 Å². The average molecular weight is 442 g/mol. The van der Waals surface area contributed by atoms with Crippen molar-refractivity contribution in [1.29, 1.82) is 0 Å². The Morgan fingerprint density at radius 2 is 1.70 bits per heavy atom. The normalized spacial score (nSPS) is 15.5. The molecule has 7 heteroatoms. The van der Waals surface area contributed by atoms with Crippen LogP contribution in [0.25, 0.3) is 0 Å². The Morgan fingerprint density at radius 3 is 2.35 bits per heavy atom. The molecule has 1 fully saturated rings. The van der Waals surface area contributed by atoms with Gasteiger partial charge >= 0.3 is 0 Å². The summed E-state index contributed by atoms with van der Waals surface area (Å²) in [4.78, 5) is 6.80. The monoisotopic (exact) mass is 442 g/mol. The molecule has 0 bridgehead atoms. The van der Waals surface area contributed by atoms with E-state index in [-0.39, 0.29) is 24.0 Å². The van der Waals surface area contributed by atoms with Gasteiger partial charge in [0.2, 0.25) is 0 Å². The summed E-state index contributed by atoms with van der Waals surface area (Å²) in [5.41, 5.74) is 0. The first-order valence-electron chi connectivity index (χ1n) is 8.60. The molecule has 1 rings (SSSR count). The lowest BCUT2D eigenvalue weighted by molar-refractivity contribution is 0.0698. The SMILES string of the molecule is CN=C(NCCCCN1CCCC1)NCCCOCCOC.I. The van der Waals surface area contributed by atoms with Gasteiger partial charge in [-0.05, 0) is 51.7 Å². The maximum Gasteiger partial charge on any atom is 0.190 e. The Hall–Kier alpha value is -0.120. The summed E-state index contributed by atoms with van der Waals surface area (Å²) in [6, 6.07) is 0. The Morgan fingerprint density at radius 1 is 1.00 bits per heavy atom. The second kappa shape index (κ2) is 16.7. The van der Waals surface area contributed by atoms with Crippen LogP contribution in [-0.2, 0) is 9.47 Å². The van der Waals surface area contributed by atoms with Crippen molar-refractivity contribution in [2.75, 3.05) is 66.7 Å². The van der Waals surface area contributed by atoms with E-state index in [1.807, 2.05) is 7.05 Å². The van der Waals surface area contributed by atoms with E-state index in [0.717, 1.165) is 32.1 Å². The number of ether oxygens (including phenoxy) is 2. The van der Waals surface area contributed by atoms with Gasteiger partial charge in [-0.3, -0.25) is 4.99 Å². The number of nitrogens with zero attached hydrogens (tertiary/aromatic N) is 2. The van der Waals surface area contributed by atoms with Gasteiger partial charge in [0.25, 0.3) is 0 Å². The molecule has 1 saturated heterocycles. The highest BCUT2D eigenvalue weighted by Gasteiger charge is 2.09. The van der Waals surface area contributed by atoms with Crippen LogP contribution in [0.3, 0.4) is 0 Å². The van der Waals surface area contributed by atoms with Gasteiger partial charge in [0.15, 0.2) is 5.96 Å². The number of methoxy groups -OCH3 is 1. The summed E-state index contributed by atoms with van der Waals surface area (Å²) < 4.78 is 10.3. The first-order valence-corrected chi connectivity index (χ1v) is 8.60. The first-order chi connectivity index (χ1) is 10.9. The predicted octanol–water partition coefficient (Wildman–Crippen LogP) is 1.70. The number of guanidine groups is 1. The van der Waals surface area contributed by atoms with Crippen molar-refractivity contribution in [2.45, 2.75) is 32.1 Å². The lowest BCUT2D eigenvalue weighted by atomic mass is 10.3. The van der Waals surface area contributed by atoms with Crippen molar-refractivity contribution in [2.24, 2.45) is 4.99 Å². The van der Waals surface area contributed by atoms with E-state index in [0.29, 0.717) is 13.2 Å². The minimum Gasteiger partial charge on any atom is -0.382 e. The van der Waals surface area contributed by atoms with Crippen LogP contribution in [0.1, 0.15) is 32.1 Å². The zero-order chi connectivity index (χ0) is 15.9. The van der Waals surface area contributed by atoms with E-state index in [4.69, 9.17) is 9.47 Å². The van der Waals surface area contributed by atoms with Crippen molar-refractivity contribution < 1.29 is 9.47 Å². The fraction of sp³-hybridized carbons (Fsp3) is 0.938. The largest absolute Gasteiger partial charge is 0.382 e. The third-order valence-electron chi connectivity index (χ3n) is 3.81. The minimum absolute atomic E-state index is 0. The summed E-state index contributed by atoms with van der Waals surface area (Å²) in [7, 11) is 3.50. The lowest BCUT2D eigenvalue weighted by Crippen LogP contribution is -2.38. The van der Waals surface area contributed by atoms with Gasteiger partial charge in [-0.1, -0.05) is 0 Å². The predicted molar refractivity (Wildman–Crippen MR) is 107 cm³/mol. The molecule has 6 nitrogen and oxygen atoms in total. The van der Waals surface area contributed by atoms with Gasteiger partial charge in [0.1, 0.15) is 0 Å². The molecule has 1 aliphatic rings. The quantitative estimate of drug-likeness (QED) is 0.209. The van der Waals surface area contributed by atoms with Crippen LogP contribution < -0.4 is 10.6 Å². The Bertz CT molecular complexity index is 287. The molecule has 0 saturated carbocycles. The number of hydrogen-bond acceptors (Lipinski definition) is 4. The Balaban J connectivity index is 0.00000484. The molecule has 1 heterocycles. The molecule has 0 aromatic rings. The number of aliphatic imine (C=N–C) groups is 1. The van der Waals surface area contributed by atoms with Crippen LogP contribution in [-0.4, -0.2) is 77.6 Å². The molecule has 0 aromatic heterocycles. The molecule has 0 amide bonds. The zero-order valence-corrected chi connectivity index (χ0v) is 17.1. The van der Waals surface area contributed by atoms with Crippen LogP contribution in [0, 0.1) is 0 Å². The molecular formula is C16H35IN4O2. The molecule has 0 aliphatic carbocycles. The number of hydrogen-bond donors (Lipinski definition) is 2. The van der Waals surface area contributed by atoms with Crippen LogP contribution in [0.2, 0.25) is 0 Å². The van der Waals surface area contributed by atoms with Crippen molar-refractivity contribution in [3.8, 4) is 0 Å². The van der Waals surface area contributed by atoms with Crippen molar-refractivity contribution >= 4 is 29.9 Å². The summed E-state index contributed by atoms with van der Waals surface area (Å²) in [5, 5.41) is 6.68. The lowest BCUT2D eigenvalue weighted by Gasteiger charge is -2.15.